The van der Waals surface area contributed by atoms with Crippen LogP contribution in [0.5, 0.6) is 11.5 Å². The molecule has 0 saturated carbocycles. The quantitative estimate of drug-likeness (QED) is 0.659. The zero-order valence-electron chi connectivity index (χ0n) is 16.5. The van der Waals surface area contributed by atoms with E-state index in [2.05, 4.69) is 21.2 Å². The van der Waals surface area contributed by atoms with Crippen LogP contribution in [-0.4, -0.2) is 57.1 Å². The van der Waals surface area contributed by atoms with Crippen molar-refractivity contribution in [2.24, 2.45) is 0 Å². The first-order valence-corrected chi connectivity index (χ1v) is 10.1. The summed E-state index contributed by atoms with van der Waals surface area (Å²) in [7, 11) is 0. The molecular weight excluding hydrogens is 429 g/mol. The highest BCUT2D eigenvalue weighted by Crippen LogP contribution is 2.34. The van der Waals surface area contributed by atoms with Crippen molar-refractivity contribution >= 4 is 41.5 Å². The Morgan fingerprint density at radius 1 is 1.07 bits per heavy atom. The highest BCUT2D eigenvalue weighted by Gasteiger charge is 2.17. The van der Waals surface area contributed by atoms with Gasteiger partial charge in [0.05, 0.1) is 6.61 Å². The van der Waals surface area contributed by atoms with Gasteiger partial charge in [-0.1, -0.05) is 17.7 Å². The molecule has 162 valence electrons. The van der Waals surface area contributed by atoms with Crippen LogP contribution in [0.2, 0.25) is 5.02 Å². The minimum absolute atomic E-state index is 0. The van der Waals surface area contributed by atoms with Crippen LogP contribution in [0.4, 0.5) is 16.2 Å². The van der Waals surface area contributed by atoms with E-state index in [1.807, 2.05) is 18.2 Å². The summed E-state index contributed by atoms with van der Waals surface area (Å²) in [5.41, 5.74) is 1.79. The Bertz CT molecular complexity index is 860. The molecule has 0 aliphatic carbocycles. The summed E-state index contributed by atoms with van der Waals surface area (Å²) in [5, 5.41) is 3.48. The van der Waals surface area contributed by atoms with Crippen molar-refractivity contribution in [1.82, 2.24) is 4.90 Å². The van der Waals surface area contributed by atoms with Crippen molar-refractivity contribution in [2.45, 2.75) is 6.42 Å². The molecule has 1 saturated heterocycles. The van der Waals surface area contributed by atoms with Crippen LogP contribution < -0.4 is 19.7 Å². The number of fused-ring (bicyclic) bond motifs is 1. The number of carbonyl (C=O) groups is 1. The van der Waals surface area contributed by atoms with E-state index >= 15 is 0 Å². The van der Waals surface area contributed by atoms with Crippen LogP contribution in [-0.2, 0) is 4.74 Å². The lowest BCUT2D eigenvalue weighted by Gasteiger charge is -2.36. The molecule has 2 aliphatic rings. The third-order valence-electron chi connectivity index (χ3n) is 5.02. The second kappa shape index (κ2) is 10.6. The van der Waals surface area contributed by atoms with Gasteiger partial charge >= 0.3 is 6.09 Å². The predicted molar refractivity (Wildman–Crippen MR) is 120 cm³/mol. The average molecular weight is 454 g/mol. The number of nitrogens with zero attached hydrogens (tertiary/aromatic N) is 2. The standard InChI is InChI=1S/C21H24ClN3O4.ClH/c22-16-3-1-4-18(13-16)25-10-8-24(9-11-25)7-2-12-27-21(26)23-17-5-6-19-20(14-17)29-15-28-19;/h1,3-6,13-14H,2,7-12,15H2,(H,23,26);1H. The molecular formula is C21H25Cl2N3O4. The van der Waals surface area contributed by atoms with Gasteiger partial charge < -0.3 is 19.1 Å². The molecule has 1 N–H and O–H groups in total. The van der Waals surface area contributed by atoms with Crippen molar-refractivity contribution in [3.63, 3.8) is 0 Å². The largest absolute Gasteiger partial charge is 0.454 e. The number of anilines is 2. The number of amides is 1. The van der Waals surface area contributed by atoms with Crippen LogP contribution in [0.3, 0.4) is 0 Å². The molecule has 0 radical (unpaired) electrons. The molecule has 0 spiro atoms. The maximum Gasteiger partial charge on any atom is 0.411 e. The molecule has 1 fully saturated rings. The molecule has 2 aliphatic heterocycles. The fraction of sp³-hybridized carbons (Fsp3) is 0.381. The summed E-state index contributed by atoms with van der Waals surface area (Å²) in [6.07, 6.45) is 0.334. The fourth-order valence-electron chi connectivity index (χ4n) is 3.48. The van der Waals surface area contributed by atoms with E-state index in [9.17, 15) is 4.79 Å². The molecule has 30 heavy (non-hydrogen) atoms. The van der Waals surface area contributed by atoms with Crippen molar-refractivity contribution < 1.29 is 19.0 Å². The Morgan fingerprint density at radius 3 is 2.67 bits per heavy atom. The zero-order valence-corrected chi connectivity index (χ0v) is 18.1. The van der Waals surface area contributed by atoms with Crippen LogP contribution in [0.1, 0.15) is 6.42 Å². The molecule has 0 atom stereocenters. The Morgan fingerprint density at radius 2 is 1.87 bits per heavy atom. The van der Waals surface area contributed by atoms with E-state index in [1.165, 1.54) is 5.69 Å². The van der Waals surface area contributed by atoms with Gasteiger partial charge in [-0.2, -0.15) is 0 Å². The Labute approximate surface area is 187 Å². The van der Waals surface area contributed by atoms with Crippen LogP contribution >= 0.6 is 24.0 Å². The number of ether oxygens (including phenoxy) is 3. The molecule has 2 aromatic carbocycles. The molecule has 7 nitrogen and oxygen atoms in total. The van der Waals surface area contributed by atoms with E-state index in [0.29, 0.717) is 23.8 Å². The normalized spacial score (nSPS) is 15.4. The van der Waals surface area contributed by atoms with Gasteiger partial charge in [-0.25, -0.2) is 4.79 Å². The number of rotatable bonds is 6. The third-order valence-corrected chi connectivity index (χ3v) is 5.25. The van der Waals surface area contributed by atoms with Crippen molar-refractivity contribution in [2.75, 3.05) is 56.3 Å². The van der Waals surface area contributed by atoms with Gasteiger partial charge in [0.25, 0.3) is 0 Å². The minimum Gasteiger partial charge on any atom is -0.454 e. The topological polar surface area (TPSA) is 63.3 Å². The first-order chi connectivity index (χ1) is 14.2. The van der Waals surface area contributed by atoms with E-state index in [0.717, 1.165) is 44.2 Å². The highest BCUT2D eigenvalue weighted by atomic mass is 35.5. The molecule has 1 amide bonds. The number of hydrogen-bond donors (Lipinski definition) is 1. The van der Waals surface area contributed by atoms with E-state index in [4.69, 9.17) is 25.8 Å². The maximum atomic E-state index is 12.0. The molecule has 0 unspecified atom stereocenters. The zero-order chi connectivity index (χ0) is 20.1. The summed E-state index contributed by atoms with van der Waals surface area (Å²) in [4.78, 5) is 16.7. The molecule has 4 rings (SSSR count). The second-order valence-electron chi connectivity index (χ2n) is 6.99. The predicted octanol–water partition coefficient (Wildman–Crippen LogP) is 4.25. The molecule has 9 heteroatoms. The number of halogens is 2. The fourth-order valence-corrected chi connectivity index (χ4v) is 3.67. The van der Waals surface area contributed by atoms with E-state index in [1.54, 1.807) is 18.2 Å². The van der Waals surface area contributed by atoms with Gasteiger partial charge in [0, 0.05) is 55.2 Å². The van der Waals surface area contributed by atoms with Gasteiger partial charge in [0.2, 0.25) is 6.79 Å². The lowest BCUT2D eigenvalue weighted by atomic mass is 10.2. The first-order valence-electron chi connectivity index (χ1n) is 9.74. The number of benzene rings is 2. The van der Waals surface area contributed by atoms with Gasteiger partial charge in [-0.05, 0) is 36.8 Å². The monoisotopic (exact) mass is 453 g/mol. The first kappa shape index (κ1) is 22.3. The summed E-state index contributed by atoms with van der Waals surface area (Å²) in [5.74, 6) is 1.30. The van der Waals surface area contributed by atoms with Crippen molar-refractivity contribution in [3.8, 4) is 11.5 Å². The summed E-state index contributed by atoms with van der Waals surface area (Å²) < 4.78 is 15.8. The minimum atomic E-state index is -0.463. The Hall–Kier alpha value is -2.35. The van der Waals surface area contributed by atoms with Gasteiger partial charge in [0.15, 0.2) is 11.5 Å². The second-order valence-corrected chi connectivity index (χ2v) is 7.43. The maximum absolute atomic E-state index is 12.0. The Kier molecular flexibility index (Phi) is 7.90. The van der Waals surface area contributed by atoms with Crippen molar-refractivity contribution in [3.05, 3.63) is 47.5 Å². The smallest absolute Gasteiger partial charge is 0.411 e. The van der Waals surface area contributed by atoms with Crippen LogP contribution in [0.15, 0.2) is 42.5 Å². The van der Waals surface area contributed by atoms with Crippen molar-refractivity contribution in [1.29, 1.82) is 0 Å². The van der Waals surface area contributed by atoms with E-state index < -0.39 is 6.09 Å². The SMILES string of the molecule is Cl.O=C(Nc1ccc2c(c1)OCO2)OCCCN1CCN(c2cccc(Cl)c2)CC1. The molecule has 2 aromatic rings. The number of piperazine rings is 1. The number of carbonyl (C=O) groups excluding carboxylic acids is 1. The Balaban J connectivity index is 0.00000256. The summed E-state index contributed by atoms with van der Waals surface area (Å²) in [6.45, 7) is 5.38. The molecule has 0 bridgehead atoms. The number of hydrogen-bond acceptors (Lipinski definition) is 6. The summed E-state index contributed by atoms with van der Waals surface area (Å²) in [6, 6.07) is 13.2. The number of nitrogens with one attached hydrogen (secondary N) is 1. The molecule has 2 heterocycles. The van der Waals surface area contributed by atoms with Crippen LogP contribution in [0, 0.1) is 0 Å². The average Bonchev–Trinajstić information content (AvgIpc) is 3.19. The third kappa shape index (κ3) is 5.84. The lowest BCUT2D eigenvalue weighted by molar-refractivity contribution is 0.151. The highest BCUT2D eigenvalue weighted by molar-refractivity contribution is 6.30. The van der Waals surface area contributed by atoms with E-state index in [-0.39, 0.29) is 19.2 Å². The van der Waals surface area contributed by atoms with Gasteiger partial charge in [-0.3, -0.25) is 10.2 Å². The lowest BCUT2D eigenvalue weighted by Crippen LogP contribution is -2.46. The van der Waals surface area contributed by atoms with Gasteiger partial charge in [0.1, 0.15) is 0 Å². The summed E-state index contributed by atoms with van der Waals surface area (Å²) >= 11 is 6.08. The molecule has 0 aromatic heterocycles. The van der Waals surface area contributed by atoms with Gasteiger partial charge in [-0.15, -0.1) is 12.4 Å². The van der Waals surface area contributed by atoms with Crippen LogP contribution in [0.25, 0.3) is 0 Å².